The Bertz CT molecular complexity index is 845. The van der Waals surface area contributed by atoms with E-state index in [1.807, 2.05) is 66.3 Å². The first-order valence-electron chi connectivity index (χ1n) is 8.37. The number of hydrogen-bond acceptors (Lipinski definition) is 3. The van der Waals surface area contributed by atoms with Crippen LogP contribution in [0.15, 0.2) is 54.7 Å². The number of fused-ring (bicyclic) bond motifs is 1. The first kappa shape index (κ1) is 17.0. The number of urea groups is 1. The standard InChI is InChI=1S/C19H22N4O2/c1-2-23-18-11-16(9-8-15(18)12-20-23)21-19(25)22-17(13-24)10-14-6-4-3-5-7-14/h3-9,11-12,17,24H,2,10,13H2,1H3,(H2,21,22,25)/t17-/m0/s1. The number of aromatic nitrogens is 2. The van der Waals surface area contributed by atoms with E-state index in [1.54, 1.807) is 0 Å². The van der Waals surface area contributed by atoms with E-state index in [4.69, 9.17) is 0 Å². The molecular weight excluding hydrogens is 316 g/mol. The van der Waals surface area contributed by atoms with Crippen molar-refractivity contribution in [2.45, 2.75) is 25.9 Å². The van der Waals surface area contributed by atoms with E-state index in [-0.39, 0.29) is 18.7 Å². The third-order valence-electron chi connectivity index (χ3n) is 4.08. The van der Waals surface area contributed by atoms with E-state index < -0.39 is 0 Å². The molecule has 130 valence electrons. The molecule has 3 rings (SSSR count). The second kappa shape index (κ2) is 7.81. The summed E-state index contributed by atoms with van der Waals surface area (Å²) >= 11 is 0. The zero-order valence-electron chi connectivity index (χ0n) is 14.1. The smallest absolute Gasteiger partial charge is 0.319 e. The van der Waals surface area contributed by atoms with Gasteiger partial charge in [0.1, 0.15) is 0 Å². The highest BCUT2D eigenvalue weighted by atomic mass is 16.3. The highest BCUT2D eigenvalue weighted by molar-refractivity contribution is 5.92. The lowest BCUT2D eigenvalue weighted by molar-refractivity contribution is 0.224. The Kier molecular flexibility index (Phi) is 5.30. The van der Waals surface area contributed by atoms with E-state index in [0.717, 1.165) is 23.0 Å². The molecule has 0 saturated carbocycles. The fourth-order valence-electron chi connectivity index (χ4n) is 2.81. The van der Waals surface area contributed by atoms with E-state index in [1.165, 1.54) is 0 Å². The lowest BCUT2D eigenvalue weighted by Gasteiger charge is -2.17. The maximum atomic E-state index is 12.2. The van der Waals surface area contributed by atoms with Crippen molar-refractivity contribution in [2.24, 2.45) is 0 Å². The molecular formula is C19H22N4O2. The topological polar surface area (TPSA) is 79.2 Å². The van der Waals surface area contributed by atoms with Gasteiger partial charge < -0.3 is 15.7 Å². The van der Waals surface area contributed by atoms with Crippen LogP contribution >= 0.6 is 0 Å². The lowest BCUT2D eigenvalue weighted by Crippen LogP contribution is -2.41. The number of aliphatic hydroxyl groups is 1. The van der Waals surface area contributed by atoms with E-state index in [0.29, 0.717) is 12.1 Å². The normalized spacial score (nSPS) is 12.1. The quantitative estimate of drug-likeness (QED) is 0.646. The monoisotopic (exact) mass is 338 g/mol. The molecule has 0 saturated heterocycles. The summed E-state index contributed by atoms with van der Waals surface area (Å²) in [6.45, 7) is 2.67. The summed E-state index contributed by atoms with van der Waals surface area (Å²) in [5.41, 5.74) is 2.73. The molecule has 0 radical (unpaired) electrons. The maximum absolute atomic E-state index is 12.2. The average Bonchev–Trinajstić information content (AvgIpc) is 3.04. The van der Waals surface area contributed by atoms with Gasteiger partial charge in [-0.2, -0.15) is 5.10 Å². The van der Waals surface area contributed by atoms with Crippen molar-refractivity contribution in [3.05, 3.63) is 60.3 Å². The molecule has 2 aromatic carbocycles. The molecule has 0 aliphatic rings. The van der Waals surface area contributed by atoms with Gasteiger partial charge in [-0.3, -0.25) is 4.68 Å². The number of anilines is 1. The van der Waals surface area contributed by atoms with Crippen LogP contribution in [-0.4, -0.2) is 33.6 Å². The maximum Gasteiger partial charge on any atom is 0.319 e. The first-order chi connectivity index (χ1) is 12.2. The highest BCUT2D eigenvalue weighted by Gasteiger charge is 2.12. The number of carbonyl (C=O) groups is 1. The fourth-order valence-corrected chi connectivity index (χ4v) is 2.81. The lowest BCUT2D eigenvalue weighted by atomic mass is 10.1. The number of aryl methyl sites for hydroxylation is 1. The molecule has 3 aromatic rings. The summed E-state index contributed by atoms with van der Waals surface area (Å²) in [5, 5.41) is 20.5. The minimum Gasteiger partial charge on any atom is -0.394 e. The van der Waals surface area contributed by atoms with E-state index in [9.17, 15) is 9.90 Å². The van der Waals surface area contributed by atoms with Gasteiger partial charge in [0.2, 0.25) is 0 Å². The zero-order chi connectivity index (χ0) is 17.6. The summed E-state index contributed by atoms with van der Waals surface area (Å²) in [5.74, 6) is 0. The van der Waals surface area contributed by atoms with Gasteiger partial charge >= 0.3 is 6.03 Å². The Balaban J connectivity index is 1.64. The average molecular weight is 338 g/mol. The Hall–Kier alpha value is -2.86. The van der Waals surface area contributed by atoms with Crippen LogP contribution in [-0.2, 0) is 13.0 Å². The molecule has 0 fully saturated rings. The number of hydrogen-bond donors (Lipinski definition) is 3. The number of amides is 2. The molecule has 0 spiro atoms. The number of rotatable bonds is 6. The van der Waals surface area contributed by atoms with Crippen LogP contribution in [0.5, 0.6) is 0 Å². The van der Waals surface area contributed by atoms with E-state index >= 15 is 0 Å². The number of benzene rings is 2. The van der Waals surface area contributed by atoms with Gasteiger partial charge in [-0.05, 0) is 37.1 Å². The molecule has 25 heavy (non-hydrogen) atoms. The second-order valence-electron chi connectivity index (χ2n) is 5.90. The van der Waals surface area contributed by atoms with Crippen LogP contribution in [0.1, 0.15) is 12.5 Å². The molecule has 0 aliphatic carbocycles. The van der Waals surface area contributed by atoms with Crippen molar-refractivity contribution in [2.75, 3.05) is 11.9 Å². The minimum atomic E-state index is -0.340. The number of nitrogens with one attached hydrogen (secondary N) is 2. The molecule has 0 aliphatic heterocycles. The summed E-state index contributed by atoms with van der Waals surface area (Å²) in [6.07, 6.45) is 2.39. The summed E-state index contributed by atoms with van der Waals surface area (Å²) < 4.78 is 1.88. The molecule has 1 atom stereocenters. The molecule has 3 N–H and O–H groups in total. The van der Waals surface area contributed by atoms with Gasteiger partial charge in [-0.15, -0.1) is 0 Å². The molecule has 6 heteroatoms. The molecule has 1 heterocycles. The van der Waals surface area contributed by atoms with Crippen LogP contribution in [0, 0.1) is 0 Å². The first-order valence-corrected chi connectivity index (χ1v) is 8.37. The zero-order valence-corrected chi connectivity index (χ0v) is 14.1. The van der Waals surface area contributed by atoms with Crippen molar-refractivity contribution >= 4 is 22.6 Å². The fraction of sp³-hybridized carbons (Fsp3) is 0.263. The van der Waals surface area contributed by atoms with Crippen LogP contribution < -0.4 is 10.6 Å². The molecule has 0 unspecified atom stereocenters. The molecule has 1 aromatic heterocycles. The van der Waals surface area contributed by atoms with E-state index in [2.05, 4.69) is 15.7 Å². The van der Waals surface area contributed by atoms with Crippen molar-refractivity contribution in [3.63, 3.8) is 0 Å². The van der Waals surface area contributed by atoms with Gasteiger partial charge in [0.05, 0.1) is 24.4 Å². The summed E-state index contributed by atoms with van der Waals surface area (Å²) in [7, 11) is 0. The van der Waals surface area contributed by atoms with Crippen LogP contribution in [0.2, 0.25) is 0 Å². The largest absolute Gasteiger partial charge is 0.394 e. The van der Waals surface area contributed by atoms with Crippen molar-refractivity contribution in [1.82, 2.24) is 15.1 Å². The Morgan fingerprint density at radius 3 is 2.76 bits per heavy atom. The van der Waals surface area contributed by atoms with Crippen LogP contribution in [0.3, 0.4) is 0 Å². The third kappa shape index (κ3) is 4.16. The predicted octanol–water partition coefficient (Wildman–Crippen LogP) is 2.78. The van der Waals surface area contributed by atoms with Crippen LogP contribution in [0.25, 0.3) is 10.9 Å². The Labute approximate surface area is 146 Å². The van der Waals surface area contributed by atoms with Gasteiger partial charge in [-0.1, -0.05) is 30.3 Å². The minimum absolute atomic E-state index is 0.121. The van der Waals surface area contributed by atoms with Gasteiger partial charge in [0.25, 0.3) is 0 Å². The summed E-state index contributed by atoms with van der Waals surface area (Å²) in [4.78, 5) is 12.2. The van der Waals surface area contributed by atoms with Gasteiger partial charge in [-0.25, -0.2) is 4.79 Å². The SMILES string of the molecule is CCn1ncc2ccc(NC(=O)N[C@H](CO)Cc3ccccc3)cc21. The summed E-state index contributed by atoms with van der Waals surface area (Å²) in [6, 6.07) is 14.8. The molecule has 2 amide bonds. The predicted molar refractivity (Wildman–Crippen MR) is 98.6 cm³/mol. The van der Waals surface area contributed by atoms with Crippen LogP contribution in [0.4, 0.5) is 10.5 Å². The second-order valence-corrected chi connectivity index (χ2v) is 5.90. The number of aliphatic hydroxyl groups excluding tert-OH is 1. The van der Waals surface area contributed by atoms with Gasteiger partial charge in [0.15, 0.2) is 0 Å². The Morgan fingerprint density at radius 2 is 2.04 bits per heavy atom. The Morgan fingerprint density at radius 1 is 1.24 bits per heavy atom. The third-order valence-corrected chi connectivity index (χ3v) is 4.08. The number of nitrogens with zero attached hydrogens (tertiary/aromatic N) is 2. The highest BCUT2D eigenvalue weighted by Crippen LogP contribution is 2.19. The van der Waals surface area contributed by atoms with Crippen molar-refractivity contribution in [1.29, 1.82) is 0 Å². The number of carbonyl (C=O) groups excluding carboxylic acids is 1. The van der Waals surface area contributed by atoms with Crippen molar-refractivity contribution in [3.8, 4) is 0 Å². The molecule has 6 nitrogen and oxygen atoms in total. The molecule has 0 bridgehead atoms. The van der Waals surface area contributed by atoms with Crippen molar-refractivity contribution < 1.29 is 9.90 Å². The van der Waals surface area contributed by atoms with Gasteiger partial charge in [0, 0.05) is 17.6 Å².